The highest BCUT2D eigenvalue weighted by atomic mass is 16.7. The molecule has 0 radical (unpaired) electrons. The number of amides is 2. The molecule has 0 aliphatic carbocycles. The molecule has 4 N–H and O–H groups in total. The molecule has 0 unspecified atom stereocenters. The van der Waals surface area contributed by atoms with Crippen molar-refractivity contribution in [1.29, 1.82) is 0 Å². The van der Waals surface area contributed by atoms with Gasteiger partial charge < -0.3 is 58.5 Å². The van der Waals surface area contributed by atoms with Crippen LogP contribution in [0, 0.1) is 37.5 Å². The molecule has 9 atom stereocenters. The fourth-order valence-corrected chi connectivity index (χ4v) is 9.60. The number of phenolic OH excluding ortho intramolecular Hbond substituents is 1. The molecule has 1 aromatic heterocycles. The SMILES string of the molecule is CCOC(=O)N1CCN(c2cc(C)c3nc4c(oc3c2)c2c(O)c3c(=O)c(C)c5c(c34)C(=O)[C@@](C)(O/C=C/[C@H](OC)[C@@H](C)[C@@H](OC(C)=O)[C@H](C)[C@H](O)[C@H](C)[C@@H](O)[C@@H](C)/C=C/C=C(/C)C(=O)N2)O5)CC1. The lowest BCUT2D eigenvalue weighted by atomic mass is 9.78. The third-order valence-corrected chi connectivity index (χ3v) is 13.8. The van der Waals surface area contributed by atoms with Gasteiger partial charge in [0, 0.05) is 99.1 Å². The smallest absolute Gasteiger partial charge is 0.409 e. The highest BCUT2D eigenvalue weighted by molar-refractivity contribution is 6.26. The molecule has 4 heterocycles. The molecule has 1 saturated heterocycles. The van der Waals surface area contributed by atoms with Crippen molar-refractivity contribution in [2.45, 2.75) is 99.4 Å². The van der Waals surface area contributed by atoms with Crippen molar-refractivity contribution in [3.63, 3.8) is 0 Å². The summed E-state index contributed by atoms with van der Waals surface area (Å²) in [5, 5.41) is 37.7. The van der Waals surface area contributed by atoms with E-state index in [4.69, 9.17) is 33.1 Å². The van der Waals surface area contributed by atoms with E-state index in [0.717, 1.165) is 5.69 Å². The van der Waals surface area contributed by atoms with Gasteiger partial charge in [0.1, 0.15) is 28.6 Å². The topological polar surface area (TPSA) is 237 Å². The molecule has 2 amide bonds. The molecule has 5 bridgehead atoms. The number of phenols is 1. The quantitative estimate of drug-likeness (QED) is 0.0731. The number of benzene rings is 3. The number of carbonyl (C=O) groups excluding carboxylic acids is 4. The standard InChI is InChI=1S/C51H62N4O14/c1-12-65-50(63)55-19-17-54(18-20-55)32-22-26(4)38-34(23-32)68-47-39(52-38)35-36-43(59)30(8)46-37(35)48(61)51(10,69-46)66-21-16-33(64-11)27(5)45(67-31(9)56)29(7)42(58)28(6)41(57)24(2)14-13-15-25(3)49(62)53-40(47)44(36)60/h13-16,21-24,27-29,33,41-42,45,57-58,60H,12,17-20H2,1-11H3,(H,53,62)/b14-13+,21-16+,25-15-/t24-,27+,28+,29+,33-,41-,42+,45+,51-/m0/s1. The monoisotopic (exact) mass is 954 g/mol. The zero-order valence-corrected chi connectivity index (χ0v) is 40.9. The predicted molar refractivity (Wildman–Crippen MR) is 257 cm³/mol. The van der Waals surface area contributed by atoms with E-state index < -0.39 is 82.7 Å². The summed E-state index contributed by atoms with van der Waals surface area (Å²) in [5.41, 5.74) is 0.935. The highest BCUT2D eigenvalue weighted by Crippen LogP contribution is 2.49. The Bertz CT molecular complexity index is 2860. The molecule has 18 heteroatoms. The van der Waals surface area contributed by atoms with Crippen LogP contribution in [0.2, 0.25) is 0 Å². The van der Waals surface area contributed by atoms with E-state index in [1.807, 2.05) is 13.0 Å². The molecule has 3 aliphatic heterocycles. The Hall–Kier alpha value is -6.50. The van der Waals surface area contributed by atoms with Crippen molar-refractivity contribution < 1.29 is 62.6 Å². The minimum Gasteiger partial charge on any atom is -0.505 e. The fraction of sp³-hybridized carbons (Fsp3) is 0.490. The van der Waals surface area contributed by atoms with Gasteiger partial charge in [-0.1, -0.05) is 45.9 Å². The maximum Gasteiger partial charge on any atom is 0.409 e. The van der Waals surface area contributed by atoms with Gasteiger partial charge in [-0.3, -0.25) is 19.2 Å². The number of allylic oxidation sites excluding steroid dienone is 2. The van der Waals surface area contributed by atoms with Crippen LogP contribution in [-0.2, 0) is 28.5 Å². The molecular formula is C51H62N4O14. The van der Waals surface area contributed by atoms with Crippen LogP contribution >= 0.6 is 0 Å². The zero-order chi connectivity index (χ0) is 50.4. The molecule has 7 rings (SSSR count). The van der Waals surface area contributed by atoms with Crippen molar-refractivity contribution in [3.05, 3.63) is 75.2 Å². The number of ether oxygens (including phenoxy) is 5. The van der Waals surface area contributed by atoms with E-state index in [1.54, 1.807) is 57.7 Å². The summed E-state index contributed by atoms with van der Waals surface area (Å²) in [6.45, 7) is 18.2. The van der Waals surface area contributed by atoms with Gasteiger partial charge in [0.2, 0.25) is 0 Å². The highest BCUT2D eigenvalue weighted by Gasteiger charge is 2.50. The second kappa shape index (κ2) is 19.8. The lowest BCUT2D eigenvalue weighted by molar-refractivity contribution is -0.160. The van der Waals surface area contributed by atoms with Crippen molar-refractivity contribution in [1.82, 2.24) is 9.88 Å². The number of anilines is 2. The number of aliphatic hydroxyl groups excluding tert-OH is 2. The molecule has 0 saturated carbocycles. The molecule has 18 nitrogen and oxygen atoms in total. The van der Waals surface area contributed by atoms with Gasteiger partial charge >= 0.3 is 17.8 Å². The molecule has 4 aromatic rings. The number of piperazine rings is 1. The van der Waals surface area contributed by atoms with Crippen LogP contribution in [0.25, 0.3) is 33.0 Å². The number of aromatic hydroxyl groups is 1. The summed E-state index contributed by atoms with van der Waals surface area (Å²) < 4.78 is 35.8. The number of ketones is 1. The van der Waals surface area contributed by atoms with E-state index in [1.165, 1.54) is 53.2 Å². The van der Waals surface area contributed by atoms with Gasteiger partial charge in [-0.15, -0.1) is 0 Å². The van der Waals surface area contributed by atoms with Crippen LogP contribution in [-0.4, -0.2) is 119 Å². The number of methoxy groups -OCH3 is 1. The second-order valence-corrected chi connectivity index (χ2v) is 18.5. The number of esters is 1. The van der Waals surface area contributed by atoms with Crippen molar-refractivity contribution in [3.8, 4) is 11.5 Å². The Labute approximate surface area is 399 Å². The van der Waals surface area contributed by atoms with E-state index in [9.17, 15) is 39.3 Å². The first-order chi connectivity index (χ1) is 32.6. The number of fused-ring (bicyclic) bond motifs is 5. The lowest BCUT2D eigenvalue weighted by Crippen LogP contribution is -2.49. The number of aliphatic hydroxyl groups is 2. The molecule has 1 fully saturated rings. The largest absolute Gasteiger partial charge is 0.505 e. The van der Waals surface area contributed by atoms with E-state index in [2.05, 4.69) is 10.2 Å². The number of nitrogens with one attached hydrogen (secondary N) is 1. The number of rotatable bonds is 4. The van der Waals surface area contributed by atoms with Gasteiger partial charge in [-0.2, -0.15) is 0 Å². The lowest BCUT2D eigenvalue weighted by Gasteiger charge is -2.38. The minimum atomic E-state index is -2.07. The fourth-order valence-electron chi connectivity index (χ4n) is 9.60. The Morgan fingerprint density at radius 2 is 1.64 bits per heavy atom. The number of nitrogens with zero attached hydrogens (tertiary/aromatic N) is 3. The van der Waals surface area contributed by atoms with Crippen molar-refractivity contribution >= 4 is 68.1 Å². The maximum absolute atomic E-state index is 14.9. The van der Waals surface area contributed by atoms with Gasteiger partial charge in [0.25, 0.3) is 11.7 Å². The average Bonchev–Trinajstić information content (AvgIpc) is 3.59. The number of hydrogen-bond donors (Lipinski definition) is 4. The summed E-state index contributed by atoms with van der Waals surface area (Å²) in [6, 6.07) is 3.68. The number of carbonyl (C=O) groups is 4. The summed E-state index contributed by atoms with van der Waals surface area (Å²) in [4.78, 5) is 77.1. The predicted octanol–water partition coefficient (Wildman–Crippen LogP) is 6.58. The van der Waals surface area contributed by atoms with Crippen LogP contribution in [0.4, 0.5) is 16.2 Å². The van der Waals surface area contributed by atoms with Gasteiger partial charge in [0.05, 0.1) is 42.1 Å². The Balaban J connectivity index is 1.42. The third kappa shape index (κ3) is 9.36. The van der Waals surface area contributed by atoms with Crippen molar-refractivity contribution in [2.75, 3.05) is 50.1 Å². The maximum atomic E-state index is 14.9. The van der Waals surface area contributed by atoms with E-state index >= 15 is 0 Å². The first-order valence-corrected chi connectivity index (χ1v) is 23.2. The van der Waals surface area contributed by atoms with Gasteiger partial charge in [0.15, 0.2) is 22.3 Å². The molecule has 3 aromatic carbocycles. The molecule has 0 spiro atoms. The summed E-state index contributed by atoms with van der Waals surface area (Å²) in [7, 11) is 1.44. The minimum absolute atomic E-state index is 0.0203. The number of hydrogen-bond acceptors (Lipinski definition) is 16. The van der Waals surface area contributed by atoms with Crippen molar-refractivity contribution in [2.24, 2.45) is 23.7 Å². The van der Waals surface area contributed by atoms with Crippen LogP contribution in [0.1, 0.15) is 76.9 Å². The Morgan fingerprint density at radius 1 is 0.942 bits per heavy atom. The number of Topliss-reactive ketones (excluding diaryl/α,β-unsaturated/α-hetero) is 1. The number of aromatic nitrogens is 1. The Morgan fingerprint density at radius 3 is 2.29 bits per heavy atom. The van der Waals surface area contributed by atoms with Crippen LogP contribution < -0.4 is 20.4 Å². The van der Waals surface area contributed by atoms with Gasteiger partial charge in [-0.25, -0.2) is 9.78 Å². The van der Waals surface area contributed by atoms with Crippen LogP contribution in [0.3, 0.4) is 0 Å². The molecule has 69 heavy (non-hydrogen) atoms. The molecule has 3 aliphatic rings. The van der Waals surface area contributed by atoms with Gasteiger partial charge in [-0.05, 0) is 45.4 Å². The van der Waals surface area contributed by atoms with E-state index in [0.29, 0.717) is 37.3 Å². The summed E-state index contributed by atoms with van der Waals surface area (Å²) >= 11 is 0. The molecule has 370 valence electrons. The molecular weight excluding hydrogens is 893 g/mol. The van der Waals surface area contributed by atoms with E-state index in [-0.39, 0.29) is 68.3 Å². The summed E-state index contributed by atoms with van der Waals surface area (Å²) in [5.74, 6) is -7.39. The third-order valence-electron chi connectivity index (χ3n) is 13.8. The number of aryl methyl sites for hydroxylation is 1. The zero-order valence-electron chi connectivity index (χ0n) is 40.9. The van der Waals surface area contributed by atoms with Crippen LogP contribution in [0.5, 0.6) is 11.5 Å². The first-order valence-electron chi connectivity index (χ1n) is 23.2. The average molecular weight is 955 g/mol. The normalized spacial score (nSPS) is 28.8. The second-order valence-electron chi connectivity index (χ2n) is 18.5. The Kier molecular flexibility index (Phi) is 14.5. The summed E-state index contributed by atoms with van der Waals surface area (Å²) in [6.07, 6.45) is 3.15. The first kappa shape index (κ1) is 50.4. The van der Waals surface area contributed by atoms with Crippen LogP contribution in [0.15, 0.2) is 57.5 Å².